The second-order valence-electron chi connectivity index (χ2n) is 8.31. The number of hydrogen-bond acceptors (Lipinski definition) is 7. The summed E-state index contributed by atoms with van der Waals surface area (Å²) in [5.41, 5.74) is 4.90. The lowest BCUT2D eigenvalue weighted by atomic mass is 9.92. The van der Waals surface area contributed by atoms with Crippen molar-refractivity contribution >= 4 is 28.2 Å². The zero-order chi connectivity index (χ0) is 22.9. The van der Waals surface area contributed by atoms with Crippen LogP contribution in [0.4, 0.5) is 5.69 Å². The van der Waals surface area contributed by atoms with E-state index in [1.807, 2.05) is 18.2 Å². The van der Waals surface area contributed by atoms with Crippen molar-refractivity contribution in [1.82, 2.24) is 10.3 Å². The molecule has 1 heterocycles. The molecule has 2 aliphatic carbocycles. The van der Waals surface area contributed by atoms with Gasteiger partial charge in [-0.1, -0.05) is 6.07 Å². The Kier molecular flexibility index (Phi) is 5.46. The number of hydrogen-bond donors (Lipinski definition) is 3. The number of benzene rings is 2. The lowest BCUT2D eigenvalue weighted by Crippen LogP contribution is -2.30. The van der Waals surface area contributed by atoms with Gasteiger partial charge in [0.15, 0.2) is 5.78 Å². The van der Waals surface area contributed by atoms with E-state index in [0.29, 0.717) is 13.1 Å². The fourth-order valence-corrected chi connectivity index (χ4v) is 4.65. The van der Waals surface area contributed by atoms with Gasteiger partial charge in [0, 0.05) is 47.6 Å². The van der Waals surface area contributed by atoms with Gasteiger partial charge in [0.1, 0.15) is 11.5 Å². The number of nitrogens with zero attached hydrogens (tertiary/aromatic N) is 1. The van der Waals surface area contributed by atoms with Crippen LogP contribution in [-0.2, 0) is 12.8 Å². The summed E-state index contributed by atoms with van der Waals surface area (Å²) < 4.78 is 5.37. The minimum atomic E-state index is -0.374. The maximum absolute atomic E-state index is 12.8. The van der Waals surface area contributed by atoms with Crippen LogP contribution in [-0.4, -0.2) is 41.9 Å². The predicted octanol–water partition coefficient (Wildman–Crippen LogP) is 3.79. The molecule has 3 aromatic rings. The Morgan fingerprint density at radius 1 is 1.06 bits per heavy atom. The van der Waals surface area contributed by atoms with Gasteiger partial charge >= 0.3 is 0 Å². The zero-order valence-corrected chi connectivity index (χ0v) is 18.4. The van der Waals surface area contributed by atoms with Gasteiger partial charge < -0.3 is 20.5 Å². The molecule has 0 atom stereocenters. The van der Waals surface area contributed by atoms with Crippen molar-refractivity contribution in [2.45, 2.75) is 25.7 Å². The van der Waals surface area contributed by atoms with E-state index in [0.717, 1.165) is 53.7 Å². The Bertz CT molecular complexity index is 1310. The molecule has 1 aromatic heterocycles. The Morgan fingerprint density at radius 2 is 1.88 bits per heavy atom. The van der Waals surface area contributed by atoms with Crippen LogP contribution in [0.2, 0.25) is 0 Å². The first-order chi connectivity index (χ1) is 16.1. The van der Waals surface area contributed by atoms with E-state index in [4.69, 9.17) is 9.72 Å². The van der Waals surface area contributed by atoms with Gasteiger partial charge in [0.05, 0.1) is 23.9 Å². The number of nitrogens with one attached hydrogen (secondary N) is 2. The summed E-state index contributed by atoms with van der Waals surface area (Å²) in [6.45, 7) is 1.01. The van der Waals surface area contributed by atoms with Crippen LogP contribution in [0, 0.1) is 0 Å². The molecular formula is C26H25N3O4. The SMILES string of the molecule is COc1ccc2c(NCCNC3=CC(=O)c4c(O)cccc4C3=O)c3c(nc2c1)CCCC3. The molecule has 33 heavy (non-hydrogen) atoms. The van der Waals surface area contributed by atoms with E-state index in [1.165, 1.54) is 17.7 Å². The highest BCUT2D eigenvalue weighted by Gasteiger charge is 2.27. The molecular weight excluding hydrogens is 418 g/mol. The highest BCUT2D eigenvalue weighted by molar-refractivity contribution is 6.25. The molecule has 0 aliphatic heterocycles. The number of pyridine rings is 1. The maximum Gasteiger partial charge on any atom is 0.209 e. The van der Waals surface area contributed by atoms with E-state index in [1.54, 1.807) is 19.2 Å². The number of carbonyl (C=O) groups excluding carboxylic acids is 2. The van der Waals surface area contributed by atoms with Crippen molar-refractivity contribution in [3.8, 4) is 11.5 Å². The van der Waals surface area contributed by atoms with Crippen LogP contribution in [0.15, 0.2) is 48.2 Å². The van der Waals surface area contributed by atoms with Crippen molar-refractivity contribution in [3.63, 3.8) is 0 Å². The van der Waals surface area contributed by atoms with Gasteiger partial charge in [0.25, 0.3) is 0 Å². The molecule has 3 N–H and O–H groups in total. The fraction of sp³-hybridized carbons (Fsp3) is 0.269. The molecule has 7 heteroatoms. The number of phenols is 1. The molecule has 0 saturated carbocycles. The van der Waals surface area contributed by atoms with E-state index in [2.05, 4.69) is 10.6 Å². The predicted molar refractivity (Wildman–Crippen MR) is 126 cm³/mol. The summed E-state index contributed by atoms with van der Waals surface area (Å²) in [6.07, 6.45) is 5.49. The molecule has 2 aliphatic rings. The normalized spacial score (nSPS) is 15.0. The standard InChI is InChI=1S/C26H25N3O4/c1-33-15-9-10-17-20(13-15)29-19-7-3-2-5-16(19)25(17)28-12-11-27-21-14-23(31)24-18(26(21)32)6-4-8-22(24)30/h4,6,8-10,13-14,27,30H,2-3,5,7,11-12H2,1H3,(H,28,29). The Labute approximate surface area is 191 Å². The number of anilines is 1. The first-order valence-corrected chi connectivity index (χ1v) is 11.2. The van der Waals surface area contributed by atoms with Crippen LogP contribution in [0.3, 0.4) is 0 Å². The third-order valence-electron chi connectivity index (χ3n) is 6.27. The van der Waals surface area contributed by atoms with Gasteiger partial charge in [-0.3, -0.25) is 14.6 Å². The van der Waals surface area contributed by atoms with Gasteiger partial charge in [0.2, 0.25) is 5.78 Å². The van der Waals surface area contributed by atoms with Crippen LogP contribution in [0.5, 0.6) is 11.5 Å². The summed E-state index contributed by atoms with van der Waals surface area (Å²) in [5, 5.41) is 17.6. The zero-order valence-electron chi connectivity index (χ0n) is 18.4. The Morgan fingerprint density at radius 3 is 2.73 bits per heavy atom. The number of ketones is 2. The van der Waals surface area contributed by atoms with Crippen molar-refractivity contribution in [2.24, 2.45) is 0 Å². The molecule has 7 nitrogen and oxygen atoms in total. The summed E-state index contributed by atoms with van der Waals surface area (Å²) in [7, 11) is 1.65. The quantitative estimate of drug-likeness (QED) is 0.498. The molecule has 168 valence electrons. The number of phenolic OH excluding ortho intramolecular Hbond substituents is 1. The minimum absolute atomic E-state index is 0.0662. The van der Waals surface area contributed by atoms with Gasteiger partial charge in [-0.2, -0.15) is 0 Å². The molecule has 0 unspecified atom stereocenters. The van der Waals surface area contributed by atoms with E-state index < -0.39 is 0 Å². The van der Waals surface area contributed by atoms with Crippen LogP contribution >= 0.6 is 0 Å². The number of fused-ring (bicyclic) bond motifs is 3. The smallest absolute Gasteiger partial charge is 0.209 e. The lowest BCUT2D eigenvalue weighted by molar-refractivity contribution is 0.0976. The van der Waals surface area contributed by atoms with Crippen molar-refractivity contribution < 1.29 is 19.4 Å². The van der Waals surface area contributed by atoms with Crippen LogP contribution in [0.1, 0.15) is 44.8 Å². The van der Waals surface area contributed by atoms with Gasteiger partial charge in [-0.25, -0.2) is 0 Å². The second kappa shape index (κ2) is 8.58. The third kappa shape index (κ3) is 3.80. The van der Waals surface area contributed by atoms with E-state index in [9.17, 15) is 14.7 Å². The Hall–Kier alpha value is -3.87. The highest BCUT2D eigenvalue weighted by atomic mass is 16.5. The average molecular weight is 444 g/mol. The van der Waals surface area contributed by atoms with Crippen LogP contribution in [0.25, 0.3) is 10.9 Å². The number of ether oxygens (including phenoxy) is 1. The van der Waals surface area contributed by atoms with Crippen molar-refractivity contribution in [1.29, 1.82) is 0 Å². The van der Waals surface area contributed by atoms with Crippen molar-refractivity contribution in [3.05, 3.63) is 70.6 Å². The fourth-order valence-electron chi connectivity index (χ4n) is 4.65. The summed E-state index contributed by atoms with van der Waals surface area (Å²) in [5.74, 6) is -0.0634. The number of allylic oxidation sites excluding steroid dienone is 2. The number of aromatic hydroxyl groups is 1. The minimum Gasteiger partial charge on any atom is -0.507 e. The largest absolute Gasteiger partial charge is 0.507 e. The third-order valence-corrected chi connectivity index (χ3v) is 6.27. The van der Waals surface area contributed by atoms with Gasteiger partial charge in [-0.05, 0) is 55.5 Å². The molecule has 5 rings (SSSR count). The number of carbonyl (C=O) groups is 2. The molecule has 0 radical (unpaired) electrons. The molecule has 0 spiro atoms. The monoisotopic (exact) mass is 443 g/mol. The second-order valence-corrected chi connectivity index (χ2v) is 8.31. The van der Waals surface area contributed by atoms with Gasteiger partial charge in [-0.15, -0.1) is 0 Å². The van der Waals surface area contributed by atoms with Crippen LogP contribution < -0.4 is 15.4 Å². The molecule has 0 saturated heterocycles. The topological polar surface area (TPSA) is 101 Å². The summed E-state index contributed by atoms with van der Waals surface area (Å²) in [4.78, 5) is 30.1. The maximum atomic E-state index is 12.8. The molecule has 0 bridgehead atoms. The number of methoxy groups -OCH3 is 1. The first kappa shape index (κ1) is 21.0. The highest BCUT2D eigenvalue weighted by Crippen LogP contribution is 2.34. The summed E-state index contributed by atoms with van der Waals surface area (Å²) in [6, 6.07) is 10.5. The van der Waals surface area contributed by atoms with E-state index >= 15 is 0 Å². The number of rotatable bonds is 6. The average Bonchev–Trinajstić information content (AvgIpc) is 2.83. The lowest BCUT2D eigenvalue weighted by Gasteiger charge is -2.22. The number of aromatic nitrogens is 1. The first-order valence-electron chi connectivity index (χ1n) is 11.2. The molecule has 2 aromatic carbocycles. The molecule has 0 fully saturated rings. The number of Topliss-reactive ketones (excluding diaryl/α,β-unsaturated/α-hetero) is 1. The molecule has 0 amide bonds. The number of aryl methyl sites for hydroxylation is 1. The van der Waals surface area contributed by atoms with Crippen molar-refractivity contribution in [2.75, 3.05) is 25.5 Å². The summed E-state index contributed by atoms with van der Waals surface area (Å²) >= 11 is 0. The Balaban J connectivity index is 1.34. The van der Waals surface area contributed by atoms with E-state index in [-0.39, 0.29) is 34.1 Å².